The molecule has 0 radical (unpaired) electrons. The van der Waals surface area contributed by atoms with Gasteiger partial charge in [-0.25, -0.2) is 21.6 Å². The van der Waals surface area contributed by atoms with Crippen molar-refractivity contribution in [1.82, 2.24) is 10.0 Å². The van der Waals surface area contributed by atoms with Gasteiger partial charge in [-0.05, 0) is 38.1 Å². The number of benzene rings is 1. The van der Waals surface area contributed by atoms with Gasteiger partial charge >= 0.3 is 0 Å². The smallest absolute Gasteiger partial charge is 0.242 e. The highest BCUT2D eigenvalue weighted by Crippen LogP contribution is 2.27. The average Bonchev–Trinajstić information content (AvgIpc) is 2.73. The van der Waals surface area contributed by atoms with Gasteiger partial charge in [-0.15, -0.1) is 0 Å². The van der Waals surface area contributed by atoms with E-state index in [2.05, 4.69) is 10.0 Å². The van der Waals surface area contributed by atoms with Crippen LogP contribution in [-0.2, 0) is 19.9 Å². The molecule has 0 spiro atoms. The minimum Gasteiger partial charge on any atom is -0.315 e. The summed E-state index contributed by atoms with van der Waals surface area (Å²) in [5.74, 6) is 0. The molecule has 9 heteroatoms. The van der Waals surface area contributed by atoms with E-state index in [0.717, 1.165) is 18.9 Å². The average molecular weight is 353 g/mol. The first-order valence-electron chi connectivity index (χ1n) is 6.28. The zero-order chi connectivity index (χ0) is 15.9. The summed E-state index contributed by atoms with van der Waals surface area (Å²) in [6.45, 7) is 3.02. The van der Waals surface area contributed by atoms with Crippen LogP contribution in [0.25, 0.3) is 0 Å². The normalized spacial score (nSPS) is 23.4. The molecule has 0 amide bonds. The van der Waals surface area contributed by atoms with Crippen LogP contribution in [0.15, 0.2) is 28.0 Å². The lowest BCUT2D eigenvalue weighted by atomic mass is 10.0. The van der Waals surface area contributed by atoms with Gasteiger partial charge in [0, 0.05) is 18.3 Å². The van der Waals surface area contributed by atoms with Crippen molar-refractivity contribution in [2.24, 2.45) is 0 Å². The fourth-order valence-corrected chi connectivity index (χ4v) is 4.89. The highest BCUT2D eigenvalue weighted by atomic mass is 35.5. The van der Waals surface area contributed by atoms with Crippen LogP contribution in [0, 0.1) is 0 Å². The lowest BCUT2D eigenvalue weighted by Crippen LogP contribution is -2.47. The summed E-state index contributed by atoms with van der Waals surface area (Å²) >= 11 is 5.93. The molecule has 21 heavy (non-hydrogen) atoms. The van der Waals surface area contributed by atoms with Gasteiger partial charge in [-0.1, -0.05) is 11.6 Å². The van der Waals surface area contributed by atoms with Crippen molar-refractivity contribution in [2.45, 2.75) is 28.7 Å². The van der Waals surface area contributed by atoms with E-state index >= 15 is 0 Å². The third kappa shape index (κ3) is 3.75. The molecule has 1 atom stereocenters. The largest absolute Gasteiger partial charge is 0.315 e. The summed E-state index contributed by atoms with van der Waals surface area (Å²) in [5.41, 5.74) is -0.608. The molecule has 0 bridgehead atoms. The van der Waals surface area contributed by atoms with Crippen molar-refractivity contribution in [3.8, 4) is 0 Å². The van der Waals surface area contributed by atoms with Crippen LogP contribution in [0.2, 0.25) is 5.02 Å². The van der Waals surface area contributed by atoms with Crippen molar-refractivity contribution in [3.63, 3.8) is 0 Å². The van der Waals surface area contributed by atoms with Gasteiger partial charge in [-0.3, -0.25) is 0 Å². The summed E-state index contributed by atoms with van der Waals surface area (Å²) in [4.78, 5) is -0.304. The zero-order valence-corrected chi connectivity index (χ0v) is 14.1. The van der Waals surface area contributed by atoms with Gasteiger partial charge in [0.05, 0.1) is 9.92 Å². The molecule has 1 saturated heterocycles. The summed E-state index contributed by atoms with van der Waals surface area (Å²) in [7, 11) is -7.41. The fraction of sp³-hybridized carbons (Fsp3) is 0.500. The van der Waals surface area contributed by atoms with Crippen LogP contribution in [0.5, 0.6) is 0 Å². The molecule has 0 saturated carbocycles. The molecule has 118 valence electrons. The first-order chi connectivity index (χ1) is 9.54. The van der Waals surface area contributed by atoms with Crippen LogP contribution < -0.4 is 10.0 Å². The van der Waals surface area contributed by atoms with E-state index in [1.807, 2.05) is 0 Å². The lowest BCUT2D eigenvalue weighted by molar-refractivity contribution is 0.452. The van der Waals surface area contributed by atoms with Gasteiger partial charge in [0.2, 0.25) is 10.0 Å². The number of sulfonamides is 1. The molecular weight excluding hydrogens is 336 g/mol. The molecule has 0 aromatic heterocycles. The summed E-state index contributed by atoms with van der Waals surface area (Å²) in [5, 5.41) is 3.07. The maximum atomic E-state index is 12.5. The minimum absolute atomic E-state index is 0.00976. The maximum Gasteiger partial charge on any atom is 0.242 e. The Bertz CT molecular complexity index is 753. The topological polar surface area (TPSA) is 92.3 Å². The van der Waals surface area contributed by atoms with Gasteiger partial charge in [0.25, 0.3) is 0 Å². The Morgan fingerprint density at radius 3 is 2.48 bits per heavy atom. The first-order valence-corrected chi connectivity index (χ1v) is 10.0. The second-order valence-electron chi connectivity index (χ2n) is 5.46. The van der Waals surface area contributed by atoms with E-state index in [4.69, 9.17) is 11.6 Å². The van der Waals surface area contributed by atoms with Gasteiger partial charge in [0.15, 0.2) is 9.84 Å². The fourth-order valence-electron chi connectivity index (χ4n) is 2.20. The monoisotopic (exact) mass is 352 g/mol. The van der Waals surface area contributed by atoms with Gasteiger partial charge in [-0.2, -0.15) is 0 Å². The minimum atomic E-state index is -3.90. The van der Waals surface area contributed by atoms with E-state index < -0.39 is 25.4 Å². The predicted octanol–water partition coefficient (Wildman–Crippen LogP) is 0.774. The maximum absolute atomic E-state index is 12.5. The molecular formula is C12H17ClN2O4S2. The quantitative estimate of drug-likeness (QED) is 0.835. The number of hydrogen-bond acceptors (Lipinski definition) is 5. The molecule has 1 aliphatic heterocycles. The second kappa shape index (κ2) is 5.51. The SMILES string of the molecule is CC1(NS(=O)(=O)c2cc(S(C)(=O)=O)ccc2Cl)CCNC1. The third-order valence-electron chi connectivity index (χ3n) is 3.37. The number of hydrogen-bond donors (Lipinski definition) is 2. The van der Waals surface area contributed by atoms with E-state index in [-0.39, 0.29) is 14.8 Å². The summed E-state index contributed by atoms with van der Waals surface area (Å²) in [6.07, 6.45) is 1.66. The molecule has 2 N–H and O–H groups in total. The van der Waals surface area contributed by atoms with Crippen molar-refractivity contribution >= 4 is 31.5 Å². The van der Waals surface area contributed by atoms with Crippen molar-refractivity contribution in [2.75, 3.05) is 19.3 Å². The second-order valence-corrected chi connectivity index (χ2v) is 9.53. The number of rotatable bonds is 4. The highest BCUT2D eigenvalue weighted by Gasteiger charge is 2.34. The number of halogens is 1. The summed E-state index contributed by atoms with van der Waals surface area (Å²) < 4.78 is 50.7. The molecule has 1 heterocycles. The van der Waals surface area contributed by atoms with Gasteiger partial charge < -0.3 is 5.32 Å². The Labute approximate surface area is 129 Å². The van der Waals surface area contributed by atoms with Crippen molar-refractivity contribution in [3.05, 3.63) is 23.2 Å². The predicted molar refractivity (Wildman–Crippen MR) is 80.8 cm³/mol. The molecule has 1 aliphatic rings. The molecule has 1 aromatic carbocycles. The summed E-state index contributed by atoms with van der Waals surface area (Å²) in [6, 6.07) is 3.66. The van der Waals surface area contributed by atoms with Crippen LogP contribution in [0.1, 0.15) is 13.3 Å². The highest BCUT2D eigenvalue weighted by molar-refractivity contribution is 7.91. The molecule has 1 aromatic rings. The molecule has 6 nitrogen and oxygen atoms in total. The lowest BCUT2D eigenvalue weighted by Gasteiger charge is -2.24. The van der Waals surface area contributed by atoms with E-state index in [9.17, 15) is 16.8 Å². The number of sulfone groups is 1. The standard InChI is InChI=1S/C12H17ClN2O4S2/c1-12(5-6-14-8-12)15-21(18,19)11-7-9(20(2,16)17)3-4-10(11)13/h3-4,7,14-15H,5-6,8H2,1-2H3. The zero-order valence-electron chi connectivity index (χ0n) is 11.7. The van der Waals surface area contributed by atoms with E-state index in [1.54, 1.807) is 6.92 Å². The first kappa shape index (κ1) is 16.7. The van der Waals surface area contributed by atoms with E-state index in [0.29, 0.717) is 13.0 Å². The molecule has 0 aliphatic carbocycles. The molecule has 1 fully saturated rings. The van der Waals surface area contributed by atoms with Crippen LogP contribution in [-0.4, -0.2) is 41.7 Å². The Morgan fingerprint density at radius 1 is 1.29 bits per heavy atom. The Morgan fingerprint density at radius 2 is 1.95 bits per heavy atom. The van der Waals surface area contributed by atoms with Crippen LogP contribution >= 0.6 is 11.6 Å². The third-order valence-corrected chi connectivity index (χ3v) is 6.60. The van der Waals surface area contributed by atoms with Crippen molar-refractivity contribution in [1.29, 1.82) is 0 Å². The van der Waals surface area contributed by atoms with E-state index in [1.165, 1.54) is 12.1 Å². The van der Waals surface area contributed by atoms with Crippen molar-refractivity contribution < 1.29 is 16.8 Å². The van der Waals surface area contributed by atoms with Crippen LogP contribution in [0.4, 0.5) is 0 Å². The van der Waals surface area contributed by atoms with Gasteiger partial charge in [0.1, 0.15) is 4.90 Å². The Kier molecular flexibility index (Phi) is 4.38. The molecule has 1 unspecified atom stereocenters. The molecule has 2 rings (SSSR count). The number of nitrogens with one attached hydrogen (secondary N) is 2. The Balaban J connectivity index is 2.44. The van der Waals surface area contributed by atoms with Crippen LogP contribution in [0.3, 0.4) is 0 Å². The Hall–Kier alpha value is -0.670.